The average Bonchev–Trinajstić information content (AvgIpc) is 2.27. The number of nitrogens with zero attached hydrogens (tertiary/aromatic N) is 1. The van der Waals surface area contributed by atoms with Crippen molar-refractivity contribution in [3.63, 3.8) is 0 Å². The first kappa shape index (κ1) is 12.7. The number of amides is 1. The van der Waals surface area contributed by atoms with Crippen LogP contribution in [0.1, 0.15) is 5.56 Å². The number of thiocarbonyl (C=S) groups is 1. The zero-order valence-electron chi connectivity index (χ0n) is 8.44. The second kappa shape index (κ2) is 5.11. The molecule has 0 aliphatic heterocycles. The normalized spacial score (nSPS) is 9.69. The Morgan fingerprint density at radius 2 is 2.19 bits per heavy atom. The van der Waals surface area contributed by atoms with Crippen molar-refractivity contribution < 1.29 is 9.53 Å². The van der Waals surface area contributed by atoms with Crippen molar-refractivity contribution in [1.82, 2.24) is 0 Å². The van der Waals surface area contributed by atoms with Gasteiger partial charge in [-0.05, 0) is 12.1 Å². The minimum atomic E-state index is -0.734. The molecule has 4 N–H and O–H groups in total. The fourth-order valence-electron chi connectivity index (χ4n) is 1.05. The largest absolute Gasteiger partial charge is 0.452 e. The molecule has 1 aromatic rings. The Labute approximate surface area is 103 Å². The molecular formula is C9H10ClN3O2S. The maximum absolute atomic E-state index is 11.2. The van der Waals surface area contributed by atoms with Crippen LogP contribution in [0, 0.1) is 0 Å². The molecule has 0 saturated carbocycles. The molecule has 0 aliphatic carbocycles. The quantitative estimate of drug-likeness (QED) is 0.363. The van der Waals surface area contributed by atoms with E-state index in [0.29, 0.717) is 10.6 Å². The monoisotopic (exact) mass is 259 g/mol. The summed E-state index contributed by atoms with van der Waals surface area (Å²) >= 11 is 10.7. The summed E-state index contributed by atoms with van der Waals surface area (Å²) in [4.78, 5) is 11.4. The van der Waals surface area contributed by atoms with Gasteiger partial charge in [-0.1, -0.05) is 29.9 Å². The molecule has 7 heteroatoms. The van der Waals surface area contributed by atoms with Crippen LogP contribution in [0.2, 0.25) is 5.02 Å². The summed E-state index contributed by atoms with van der Waals surface area (Å²) < 4.78 is 4.46. The highest BCUT2D eigenvalue weighted by atomic mass is 35.5. The molecule has 0 spiro atoms. The summed E-state index contributed by atoms with van der Waals surface area (Å²) in [6.45, 7) is 0. The van der Waals surface area contributed by atoms with Crippen LogP contribution >= 0.6 is 23.8 Å². The van der Waals surface area contributed by atoms with E-state index >= 15 is 0 Å². The molecule has 0 aromatic heterocycles. The Bertz CT molecular complexity index is 439. The molecule has 0 fully saturated rings. The van der Waals surface area contributed by atoms with Crippen LogP contribution in [0.5, 0.6) is 0 Å². The Balaban J connectivity index is 3.16. The van der Waals surface area contributed by atoms with Crippen molar-refractivity contribution in [3.8, 4) is 0 Å². The zero-order chi connectivity index (χ0) is 12.3. The number of benzene rings is 1. The van der Waals surface area contributed by atoms with Crippen molar-refractivity contribution in [2.45, 2.75) is 0 Å². The molecule has 0 radical (unpaired) electrons. The van der Waals surface area contributed by atoms with E-state index in [1.165, 1.54) is 13.2 Å². The Kier molecular flexibility index (Phi) is 4.05. The van der Waals surface area contributed by atoms with E-state index in [1.807, 2.05) is 0 Å². The van der Waals surface area contributed by atoms with Gasteiger partial charge in [0.05, 0.1) is 17.8 Å². The van der Waals surface area contributed by atoms with Crippen LogP contribution in [-0.2, 0) is 4.74 Å². The van der Waals surface area contributed by atoms with Gasteiger partial charge in [-0.2, -0.15) is 0 Å². The van der Waals surface area contributed by atoms with E-state index in [1.54, 1.807) is 12.1 Å². The van der Waals surface area contributed by atoms with E-state index in [0.717, 1.165) is 5.01 Å². The summed E-state index contributed by atoms with van der Waals surface area (Å²) in [5.74, 6) is 5.51. The molecule has 0 unspecified atom stereocenters. The maximum Gasteiger partial charge on any atom is 0.428 e. The topological polar surface area (TPSA) is 81.6 Å². The first-order chi connectivity index (χ1) is 7.47. The molecule has 0 saturated heterocycles. The maximum atomic E-state index is 11.2. The predicted molar refractivity (Wildman–Crippen MR) is 66.4 cm³/mol. The molecule has 0 bridgehead atoms. The van der Waals surface area contributed by atoms with E-state index in [-0.39, 0.29) is 10.7 Å². The van der Waals surface area contributed by atoms with Gasteiger partial charge >= 0.3 is 6.09 Å². The SMILES string of the molecule is COC(=O)N(N)c1cc(C(N)=S)ccc1Cl. The second-order valence-corrected chi connectivity index (χ2v) is 3.72. The Hall–Kier alpha value is -1.37. The van der Waals surface area contributed by atoms with Crippen molar-refractivity contribution in [2.24, 2.45) is 11.6 Å². The van der Waals surface area contributed by atoms with Gasteiger partial charge in [-0.25, -0.2) is 15.6 Å². The zero-order valence-corrected chi connectivity index (χ0v) is 10.0. The number of carbonyl (C=O) groups is 1. The third-order valence-corrected chi connectivity index (χ3v) is 2.42. The Morgan fingerprint density at radius 1 is 1.56 bits per heavy atom. The number of anilines is 1. The van der Waals surface area contributed by atoms with Gasteiger partial charge in [-0.3, -0.25) is 0 Å². The van der Waals surface area contributed by atoms with E-state index in [4.69, 9.17) is 35.4 Å². The molecule has 16 heavy (non-hydrogen) atoms. The number of halogens is 1. The summed E-state index contributed by atoms with van der Waals surface area (Å²) in [5.41, 5.74) is 6.29. The minimum Gasteiger partial charge on any atom is -0.452 e. The molecule has 0 aliphatic rings. The summed E-state index contributed by atoms with van der Waals surface area (Å²) in [7, 11) is 1.22. The van der Waals surface area contributed by atoms with Crippen LogP contribution in [0.3, 0.4) is 0 Å². The van der Waals surface area contributed by atoms with E-state index in [9.17, 15) is 4.79 Å². The van der Waals surface area contributed by atoms with Crippen LogP contribution < -0.4 is 16.6 Å². The molecule has 1 rings (SSSR count). The fraction of sp³-hybridized carbons (Fsp3) is 0.111. The highest BCUT2D eigenvalue weighted by Gasteiger charge is 2.15. The predicted octanol–water partition coefficient (Wildman–Crippen LogP) is 1.42. The van der Waals surface area contributed by atoms with Crippen molar-refractivity contribution >= 4 is 40.6 Å². The molecule has 0 heterocycles. The van der Waals surface area contributed by atoms with Gasteiger partial charge in [0.25, 0.3) is 0 Å². The number of rotatable bonds is 2. The van der Waals surface area contributed by atoms with Crippen LogP contribution in [0.4, 0.5) is 10.5 Å². The van der Waals surface area contributed by atoms with Gasteiger partial charge in [0.2, 0.25) is 0 Å². The highest BCUT2D eigenvalue weighted by Crippen LogP contribution is 2.25. The van der Waals surface area contributed by atoms with E-state index in [2.05, 4.69) is 4.74 Å². The average molecular weight is 260 g/mol. The number of ether oxygens (including phenoxy) is 1. The van der Waals surface area contributed by atoms with Crippen molar-refractivity contribution in [2.75, 3.05) is 12.1 Å². The second-order valence-electron chi connectivity index (χ2n) is 2.87. The van der Waals surface area contributed by atoms with Gasteiger partial charge in [0, 0.05) is 5.56 Å². The van der Waals surface area contributed by atoms with Gasteiger partial charge in [0.1, 0.15) is 4.99 Å². The minimum absolute atomic E-state index is 0.191. The van der Waals surface area contributed by atoms with Crippen LogP contribution in [0.25, 0.3) is 0 Å². The number of carbonyl (C=O) groups excluding carboxylic acids is 1. The lowest BCUT2D eigenvalue weighted by molar-refractivity contribution is 0.178. The number of hydrogen-bond acceptors (Lipinski definition) is 4. The first-order valence-corrected chi connectivity index (χ1v) is 4.98. The first-order valence-electron chi connectivity index (χ1n) is 4.19. The van der Waals surface area contributed by atoms with Gasteiger partial charge < -0.3 is 10.5 Å². The fourth-order valence-corrected chi connectivity index (χ4v) is 1.38. The molecule has 1 aromatic carbocycles. The van der Waals surface area contributed by atoms with Crippen LogP contribution in [0.15, 0.2) is 18.2 Å². The third-order valence-electron chi connectivity index (χ3n) is 1.86. The lowest BCUT2D eigenvalue weighted by Gasteiger charge is -2.17. The molecule has 1 amide bonds. The smallest absolute Gasteiger partial charge is 0.428 e. The molecule has 0 atom stereocenters. The lowest BCUT2D eigenvalue weighted by Crippen LogP contribution is -2.37. The number of methoxy groups -OCH3 is 1. The summed E-state index contributed by atoms with van der Waals surface area (Å²) in [6.07, 6.45) is -0.734. The van der Waals surface area contributed by atoms with E-state index < -0.39 is 6.09 Å². The van der Waals surface area contributed by atoms with Crippen molar-refractivity contribution in [1.29, 1.82) is 0 Å². The Morgan fingerprint density at radius 3 is 2.69 bits per heavy atom. The summed E-state index contributed by atoms with van der Waals surface area (Å²) in [6, 6.07) is 4.70. The number of nitrogens with two attached hydrogens (primary N) is 2. The third kappa shape index (κ3) is 2.60. The van der Waals surface area contributed by atoms with Crippen molar-refractivity contribution in [3.05, 3.63) is 28.8 Å². The molecule has 5 nitrogen and oxygen atoms in total. The van der Waals surface area contributed by atoms with Crippen LogP contribution in [-0.4, -0.2) is 18.2 Å². The molecular weight excluding hydrogens is 250 g/mol. The summed E-state index contributed by atoms with van der Waals surface area (Å²) in [5, 5.41) is 1.08. The number of hydrazine groups is 1. The molecule has 86 valence electrons. The standard InChI is InChI=1S/C9H10ClN3O2S/c1-15-9(14)13(12)7-4-5(8(11)16)2-3-6(7)10/h2-4H,12H2,1H3,(H2,11,16). The lowest BCUT2D eigenvalue weighted by atomic mass is 10.2. The van der Waals surface area contributed by atoms with Gasteiger partial charge in [-0.15, -0.1) is 0 Å². The number of hydrogen-bond donors (Lipinski definition) is 2. The highest BCUT2D eigenvalue weighted by molar-refractivity contribution is 7.80. The van der Waals surface area contributed by atoms with Gasteiger partial charge in [0.15, 0.2) is 0 Å².